The van der Waals surface area contributed by atoms with Gasteiger partial charge in [-0.05, 0) is 55.3 Å². The number of carbonyl (C=O) groups is 2. The van der Waals surface area contributed by atoms with Gasteiger partial charge in [0.05, 0.1) is 17.6 Å². The zero-order chi connectivity index (χ0) is 24.7. The average Bonchev–Trinajstić information content (AvgIpc) is 3.29. The van der Waals surface area contributed by atoms with Gasteiger partial charge in [0.1, 0.15) is 0 Å². The molecule has 2 heterocycles. The van der Waals surface area contributed by atoms with E-state index in [1.165, 1.54) is 11.4 Å². The van der Waals surface area contributed by atoms with Gasteiger partial charge in [0.25, 0.3) is 11.5 Å². The summed E-state index contributed by atoms with van der Waals surface area (Å²) in [6.07, 6.45) is 0. The monoisotopic (exact) mass is 485 g/mol. The molecule has 0 atom stereocenters. The third kappa shape index (κ3) is 4.20. The van der Waals surface area contributed by atoms with E-state index in [4.69, 9.17) is 11.6 Å². The highest BCUT2D eigenvalue weighted by Gasteiger charge is 2.20. The SMILES string of the molecule is CC(=O)c1cccc(NC(=O)c2nc3c(=O)n(Cc4ccccc4Cl)c4cc(C)ccc4n3n2)c1. The van der Waals surface area contributed by atoms with Crippen LogP contribution in [0.15, 0.2) is 71.5 Å². The number of anilines is 1. The number of benzene rings is 3. The first-order chi connectivity index (χ1) is 16.8. The number of ketones is 1. The molecule has 2 aromatic heterocycles. The van der Waals surface area contributed by atoms with Crippen LogP contribution in [-0.4, -0.2) is 30.9 Å². The first-order valence-electron chi connectivity index (χ1n) is 10.9. The predicted octanol–water partition coefficient (Wildman–Crippen LogP) is 4.51. The minimum Gasteiger partial charge on any atom is -0.319 e. The van der Waals surface area contributed by atoms with Gasteiger partial charge in [-0.15, -0.1) is 5.10 Å². The van der Waals surface area contributed by atoms with Gasteiger partial charge < -0.3 is 5.32 Å². The second-order valence-corrected chi connectivity index (χ2v) is 8.64. The number of hydrogen-bond acceptors (Lipinski definition) is 5. The van der Waals surface area contributed by atoms with Crippen LogP contribution in [0.2, 0.25) is 5.02 Å². The number of carbonyl (C=O) groups excluding carboxylic acids is 2. The van der Waals surface area contributed by atoms with Gasteiger partial charge in [0.2, 0.25) is 11.5 Å². The number of hydrogen-bond donors (Lipinski definition) is 1. The lowest BCUT2D eigenvalue weighted by Gasteiger charge is -2.13. The third-order valence-electron chi connectivity index (χ3n) is 5.71. The van der Waals surface area contributed by atoms with Gasteiger partial charge in [-0.1, -0.05) is 48.0 Å². The summed E-state index contributed by atoms with van der Waals surface area (Å²) in [5, 5.41) is 7.59. The largest absolute Gasteiger partial charge is 0.319 e. The highest BCUT2D eigenvalue weighted by atomic mass is 35.5. The summed E-state index contributed by atoms with van der Waals surface area (Å²) in [4.78, 5) is 42.4. The van der Waals surface area contributed by atoms with E-state index in [9.17, 15) is 14.4 Å². The smallest absolute Gasteiger partial charge is 0.296 e. The Bertz CT molecular complexity index is 1700. The van der Waals surface area contributed by atoms with Crippen LogP contribution in [-0.2, 0) is 6.54 Å². The fourth-order valence-electron chi connectivity index (χ4n) is 3.93. The molecular formula is C26H20ClN5O3. The molecule has 5 aromatic rings. The van der Waals surface area contributed by atoms with E-state index >= 15 is 0 Å². The molecule has 0 spiro atoms. The van der Waals surface area contributed by atoms with Crippen molar-refractivity contribution < 1.29 is 9.59 Å². The van der Waals surface area contributed by atoms with Crippen molar-refractivity contribution in [1.29, 1.82) is 0 Å². The number of nitrogens with one attached hydrogen (secondary N) is 1. The number of Topliss-reactive ketones (excluding diaryl/α,β-unsaturated/α-hetero) is 1. The minimum atomic E-state index is -0.591. The minimum absolute atomic E-state index is 0.0241. The Labute approximate surface area is 204 Å². The summed E-state index contributed by atoms with van der Waals surface area (Å²) in [6.45, 7) is 3.62. The van der Waals surface area contributed by atoms with E-state index in [0.29, 0.717) is 27.3 Å². The van der Waals surface area contributed by atoms with Crippen molar-refractivity contribution in [3.8, 4) is 0 Å². The Hall–Kier alpha value is -4.30. The molecule has 0 aliphatic carbocycles. The predicted molar refractivity (Wildman–Crippen MR) is 134 cm³/mol. The highest BCUT2D eigenvalue weighted by molar-refractivity contribution is 6.31. The van der Waals surface area contributed by atoms with E-state index < -0.39 is 11.5 Å². The summed E-state index contributed by atoms with van der Waals surface area (Å²) in [7, 11) is 0. The van der Waals surface area contributed by atoms with Crippen LogP contribution < -0.4 is 10.9 Å². The van der Waals surface area contributed by atoms with E-state index in [1.54, 1.807) is 34.9 Å². The molecule has 8 nitrogen and oxygen atoms in total. The standard InChI is InChI=1S/C26H20ClN5O3/c1-15-10-11-21-22(12-15)31(14-18-6-3-4-9-20(18)27)26(35)24-29-23(30-32(21)24)25(34)28-19-8-5-7-17(13-19)16(2)33/h3-13H,14H2,1-2H3,(H,28,34). The van der Waals surface area contributed by atoms with Crippen LogP contribution in [0.5, 0.6) is 0 Å². The lowest BCUT2D eigenvalue weighted by atomic mass is 10.1. The van der Waals surface area contributed by atoms with E-state index in [1.807, 2.05) is 43.3 Å². The van der Waals surface area contributed by atoms with Gasteiger partial charge in [-0.3, -0.25) is 19.0 Å². The van der Waals surface area contributed by atoms with Crippen LogP contribution in [0, 0.1) is 6.92 Å². The Morgan fingerprint density at radius 1 is 1.00 bits per heavy atom. The number of rotatable bonds is 5. The lowest BCUT2D eigenvalue weighted by molar-refractivity contribution is 0.100. The normalized spacial score (nSPS) is 11.2. The third-order valence-corrected chi connectivity index (χ3v) is 6.08. The maximum absolute atomic E-state index is 13.5. The van der Waals surface area contributed by atoms with Crippen LogP contribution in [0.3, 0.4) is 0 Å². The van der Waals surface area contributed by atoms with Crippen LogP contribution in [0.4, 0.5) is 5.69 Å². The molecule has 0 aliphatic rings. The molecule has 0 radical (unpaired) electrons. The van der Waals surface area contributed by atoms with E-state index in [-0.39, 0.29) is 23.8 Å². The fourth-order valence-corrected chi connectivity index (χ4v) is 4.13. The van der Waals surface area contributed by atoms with Gasteiger partial charge in [0.15, 0.2) is 5.78 Å². The van der Waals surface area contributed by atoms with Gasteiger partial charge in [-0.25, -0.2) is 4.52 Å². The van der Waals surface area contributed by atoms with Gasteiger partial charge in [0, 0.05) is 16.3 Å². The number of aryl methyl sites for hydroxylation is 1. The van der Waals surface area contributed by atoms with Crippen LogP contribution in [0.25, 0.3) is 16.7 Å². The number of halogens is 1. The van der Waals surface area contributed by atoms with Gasteiger partial charge in [-0.2, -0.15) is 4.98 Å². The molecular weight excluding hydrogens is 466 g/mol. The summed E-state index contributed by atoms with van der Waals surface area (Å²) in [5.41, 5.74) is 3.55. The zero-order valence-corrected chi connectivity index (χ0v) is 19.7. The molecule has 0 bridgehead atoms. The molecule has 0 unspecified atom stereocenters. The molecule has 0 fully saturated rings. The van der Waals surface area contributed by atoms with Crippen molar-refractivity contribution in [2.45, 2.75) is 20.4 Å². The van der Waals surface area contributed by atoms with Crippen molar-refractivity contribution in [2.75, 3.05) is 5.32 Å². The van der Waals surface area contributed by atoms with Crippen LogP contribution in [0.1, 0.15) is 39.0 Å². The number of aromatic nitrogens is 4. The maximum Gasteiger partial charge on any atom is 0.296 e. The fraction of sp³-hybridized carbons (Fsp3) is 0.115. The molecule has 0 aliphatic heterocycles. The van der Waals surface area contributed by atoms with Crippen molar-refractivity contribution >= 4 is 45.7 Å². The second-order valence-electron chi connectivity index (χ2n) is 8.24. The number of nitrogens with zero attached hydrogens (tertiary/aromatic N) is 4. The molecule has 3 aromatic carbocycles. The van der Waals surface area contributed by atoms with Crippen molar-refractivity contribution in [1.82, 2.24) is 19.2 Å². The average molecular weight is 486 g/mol. The van der Waals surface area contributed by atoms with Crippen molar-refractivity contribution in [3.63, 3.8) is 0 Å². The summed E-state index contributed by atoms with van der Waals surface area (Å²) < 4.78 is 2.98. The van der Waals surface area contributed by atoms with Crippen LogP contribution >= 0.6 is 11.6 Å². The number of amides is 1. The Kier molecular flexibility index (Phi) is 5.66. The van der Waals surface area contributed by atoms with Gasteiger partial charge >= 0.3 is 0 Å². The zero-order valence-electron chi connectivity index (χ0n) is 18.9. The summed E-state index contributed by atoms with van der Waals surface area (Å²) in [5.74, 6) is -0.868. The van der Waals surface area contributed by atoms with E-state index in [0.717, 1.165) is 11.1 Å². The molecule has 174 valence electrons. The maximum atomic E-state index is 13.5. The topological polar surface area (TPSA) is 98.4 Å². The summed E-state index contributed by atoms with van der Waals surface area (Å²) >= 11 is 6.36. The Morgan fingerprint density at radius 3 is 2.57 bits per heavy atom. The molecule has 0 saturated carbocycles. The molecule has 0 saturated heterocycles. The first-order valence-corrected chi connectivity index (χ1v) is 11.3. The quantitative estimate of drug-likeness (QED) is 0.369. The van der Waals surface area contributed by atoms with Crippen molar-refractivity contribution in [3.05, 3.63) is 105 Å². The highest BCUT2D eigenvalue weighted by Crippen LogP contribution is 2.21. The number of fused-ring (bicyclic) bond motifs is 3. The Morgan fingerprint density at radius 2 is 1.80 bits per heavy atom. The second kappa shape index (κ2) is 8.81. The first kappa shape index (κ1) is 22.5. The Balaban J connectivity index is 1.62. The lowest BCUT2D eigenvalue weighted by Crippen LogP contribution is -2.24. The van der Waals surface area contributed by atoms with Crippen molar-refractivity contribution in [2.24, 2.45) is 0 Å². The van der Waals surface area contributed by atoms with E-state index in [2.05, 4.69) is 15.4 Å². The summed E-state index contributed by atoms with van der Waals surface area (Å²) in [6, 6.07) is 19.5. The molecule has 1 amide bonds. The molecule has 35 heavy (non-hydrogen) atoms. The molecule has 5 rings (SSSR count). The molecule has 1 N–H and O–H groups in total. The molecule has 9 heteroatoms.